The Kier molecular flexibility index (Phi) is 6.47. The van der Waals surface area contributed by atoms with Crippen molar-refractivity contribution in [2.75, 3.05) is 11.9 Å². The van der Waals surface area contributed by atoms with Crippen LogP contribution in [0.3, 0.4) is 0 Å². The van der Waals surface area contributed by atoms with Gasteiger partial charge in [-0.2, -0.15) is 0 Å². The highest BCUT2D eigenvalue weighted by atomic mass is 79.9. The number of rotatable bonds is 7. The quantitative estimate of drug-likeness (QED) is 0.699. The fourth-order valence-corrected chi connectivity index (χ4v) is 2.36. The molecule has 4 heteroatoms. The number of halogens is 2. The van der Waals surface area contributed by atoms with Crippen LogP contribution in [-0.4, -0.2) is 17.3 Å². The number of hydrogen-bond donors (Lipinski definition) is 2. The largest absolute Gasteiger partial charge is 0.394 e. The summed E-state index contributed by atoms with van der Waals surface area (Å²) in [6.07, 6.45) is 4.46. The fourth-order valence-electron chi connectivity index (χ4n) is 1.87. The van der Waals surface area contributed by atoms with Crippen LogP contribution in [0.5, 0.6) is 0 Å². The molecule has 0 amide bonds. The second kappa shape index (κ2) is 7.37. The van der Waals surface area contributed by atoms with Gasteiger partial charge in [-0.15, -0.1) is 0 Å². The molecule has 2 nitrogen and oxygen atoms in total. The average molecular weight is 335 g/mol. The Balaban J connectivity index is 2.68. The molecule has 0 aromatic heterocycles. The van der Waals surface area contributed by atoms with Gasteiger partial charge >= 0.3 is 0 Å². The zero-order chi connectivity index (χ0) is 13.6. The molecule has 1 aromatic carbocycles. The molecule has 102 valence electrons. The van der Waals surface area contributed by atoms with Crippen LogP contribution in [0.4, 0.5) is 5.69 Å². The molecule has 1 unspecified atom stereocenters. The molecule has 1 atom stereocenters. The van der Waals surface area contributed by atoms with Gasteiger partial charge in [0.1, 0.15) is 0 Å². The maximum atomic E-state index is 9.57. The van der Waals surface area contributed by atoms with E-state index in [0.717, 1.165) is 23.0 Å². The zero-order valence-corrected chi connectivity index (χ0v) is 13.3. The predicted molar refractivity (Wildman–Crippen MR) is 82.4 cm³/mol. The Hall–Kier alpha value is -0.250. The maximum Gasteiger partial charge on any atom is 0.0658 e. The summed E-state index contributed by atoms with van der Waals surface area (Å²) < 4.78 is 0.864. The molecular formula is C14H21BrClNO. The van der Waals surface area contributed by atoms with Crippen LogP contribution in [0.1, 0.15) is 39.5 Å². The summed E-state index contributed by atoms with van der Waals surface area (Å²) >= 11 is 9.37. The van der Waals surface area contributed by atoms with Crippen molar-refractivity contribution in [3.05, 3.63) is 27.7 Å². The number of anilines is 1. The minimum atomic E-state index is -0.275. The highest BCUT2D eigenvalue weighted by molar-refractivity contribution is 9.10. The van der Waals surface area contributed by atoms with Gasteiger partial charge in [0.2, 0.25) is 0 Å². The molecule has 2 N–H and O–H groups in total. The van der Waals surface area contributed by atoms with E-state index in [9.17, 15) is 5.11 Å². The van der Waals surface area contributed by atoms with E-state index >= 15 is 0 Å². The van der Waals surface area contributed by atoms with E-state index in [2.05, 4.69) is 28.2 Å². The third-order valence-electron chi connectivity index (χ3n) is 3.05. The van der Waals surface area contributed by atoms with Crippen LogP contribution in [-0.2, 0) is 0 Å². The highest BCUT2D eigenvalue weighted by Crippen LogP contribution is 2.28. The second-order valence-corrected chi connectivity index (χ2v) is 6.19. The molecule has 18 heavy (non-hydrogen) atoms. The lowest BCUT2D eigenvalue weighted by atomic mass is 9.95. The minimum absolute atomic E-state index is 0.122. The van der Waals surface area contributed by atoms with Crippen molar-refractivity contribution in [1.82, 2.24) is 0 Å². The van der Waals surface area contributed by atoms with Gasteiger partial charge in [-0.3, -0.25) is 0 Å². The first-order chi connectivity index (χ1) is 8.50. The monoisotopic (exact) mass is 333 g/mol. The van der Waals surface area contributed by atoms with Gasteiger partial charge in [-0.05, 0) is 47.5 Å². The van der Waals surface area contributed by atoms with E-state index in [0.29, 0.717) is 5.02 Å². The van der Waals surface area contributed by atoms with Gasteiger partial charge in [-0.25, -0.2) is 0 Å². The topological polar surface area (TPSA) is 32.3 Å². The van der Waals surface area contributed by atoms with Crippen LogP contribution in [0.2, 0.25) is 5.02 Å². The maximum absolute atomic E-state index is 9.57. The molecule has 1 rings (SSSR count). The molecule has 0 aliphatic heterocycles. The Labute approximate surface area is 123 Å². The lowest BCUT2D eigenvalue weighted by molar-refractivity contribution is 0.212. The van der Waals surface area contributed by atoms with E-state index < -0.39 is 0 Å². The smallest absolute Gasteiger partial charge is 0.0658 e. The van der Waals surface area contributed by atoms with Gasteiger partial charge in [-0.1, -0.05) is 37.8 Å². The Morgan fingerprint density at radius 2 is 2.11 bits per heavy atom. The number of aliphatic hydroxyl groups is 1. The van der Waals surface area contributed by atoms with Gasteiger partial charge in [0.15, 0.2) is 0 Å². The molecule has 0 heterocycles. The number of hydrogen-bond acceptors (Lipinski definition) is 2. The molecule has 0 saturated carbocycles. The Bertz CT molecular complexity index is 386. The minimum Gasteiger partial charge on any atom is -0.394 e. The van der Waals surface area contributed by atoms with Crippen LogP contribution in [0.15, 0.2) is 22.7 Å². The van der Waals surface area contributed by atoms with Crippen LogP contribution >= 0.6 is 27.5 Å². The highest BCUT2D eigenvalue weighted by Gasteiger charge is 2.22. The summed E-state index contributed by atoms with van der Waals surface area (Å²) in [5.41, 5.74) is 0.696. The lowest BCUT2D eigenvalue weighted by Crippen LogP contribution is -2.38. The summed E-state index contributed by atoms with van der Waals surface area (Å²) in [7, 11) is 0. The van der Waals surface area contributed by atoms with Crippen LogP contribution in [0, 0.1) is 0 Å². The molecule has 0 radical (unpaired) electrons. The number of benzene rings is 1. The predicted octanol–water partition coefficient (Wildman–Crippen LogP) is 4.85. The molecule has 0 aliphatic carbocycles. The molecule has 0 aliphatic rings. The van der Waals surface area contributed by atoms with E-state index in [1.54, 1.807) is 0 Å². The van der Waals surface area contributed by atoms with E-state index in [-0.39, 0.29) is 12.1 Å². The molecule has 0 spiro atoms. The van der Waals surface area contributed by atoms with Gasteiger partial charge in [0.05, 0.1) is 17.2 Å². The summed E-state index contributed by atoms with van der Waals surface area (Å²) in [6, 6.07) is 5.72. The van der Waals surface area contributed by atoms with Crippen LogP contribution in [0.25, 0.3) is 0 Å². The third-order valence-corrected chi connectivity index (χ3v) is 4.26. The van der Waals surface area contributed by atoms with Crippen molar-refractivity contribution < 1.29 is 5.11 Å². The van der Waals surface area contributed by atoms with Gasteiger partial charge < -0.3 is 10.4 Å². The number of unbranched alkanes of at least 4 members (excludes halogenated alkanes) is 2. The number of nitrogens with one attached hydrogen (secondary N) is 1. The normalized spacial score (nSPS) is 14.3. The van der Waals surface area contributed by atoms with Crippen molar-refractivity contribution in [1.29, 1.82) is 0 Å². The van der Waals surface area contributed by atoms with Crippen molar-refractivity contribution in [2.24, 2.45) is 0 Å². The third kappa shape index (κ3) is 4.79. The first-order valence-electron chi connectivity index (χ1n) is 6.35. The molecule has 0 bridgehead atoms. The Morgan fingerprint density at radius 1 is 1.39 bits per heavy atom. The first-order valence-corrected chi connectivity index (χ1v) is 7.52. The summed E-state index contributed by atoms with van der Waals surface area (Å²) in [6.45, 7) is 4.35. The molecular weight excluding hydrogens is 314 g/mol. The van der Waals surface area contributed by atoms with E-state index in [4.69, 9.17) is 11.6 Å². The second-order valence-electron chi connectivity index (χ2n) is 4.93. The summed E-state index contributed by atoms with van der Waals surface area (Å²) in [5, 5.41) is 13.7. The molecule has 0 fully saturated rings. The van der Waals surface area contributed by atoms with Crippen molar-refractivity contribution in [3.8, 4) is 0 Å². The first kappa shape index (κ1) is 15.8. The Morgan fingerprint density at radius 3 is 2.67 bits per heavy atom. The summed E-state index contributed by atoms with van der Waals surface area (Å²) in [5.74, 6) is 0. The molecule has 0 saturated heterocycles. The average Bonchev–Trinajstić information content (AvgIpc) is 2.34. The van der Waals surface area contributed by atoms with Crippen molar-refractivity contribution >= 4 is 33.2 Å². The van der Waals surface area contributed by atoms with E-state index in [1.165, 1.54) is 12.8 Å². The van der Waals surface area contributed by atoms with Crippen molar-refractivity contribution in [2.45, 2.75) is 45.1 Å². The fraction of sp³-hybridized carbons (Fsp3) is 0.571. The van der Waals surface area contributed by atoms with Gasteiger partial charge in [0.25, 0.3) is 0 Å². The van der Waals surface area contributed by atoms with Crippen molar-refractivity contribution in [3.63, 3.8) is 0 Å². The SMILES string of the molecule is CCCCCC(C)(CO)Nc1ccc(Cl)c(Br)c1. The lowest BCUT2D eigenvalue weighted by Gasteiger charge is -2.30. The van der Waals surface area contributed by atoms with E-state index in [1.807, 2.05) is 25.1 Å². The number of aliphatic hydroxyl groups excluding tert-OH is 1. The van der Waals surface area contributed by atoms with Crippen LogP contribution < -0.4 is 5.32 Å². The summed E-state index contributed by atoms with van der Waals surface area (Å²) in [4.78, 5) is 0. The van der Waals surface area contributed by atoms with Gasteiger partial charge in [0, 0.05) is 10.2 Å². The zero-order valence-electron chi connectivity index (χ0n) is 11.0. The standard InChI is InChI=1S/C14H21BrClNO/c1-3-4-5-8-14(2,10-18)17-11-6-7-13(16)12(15)9-11/h6-7,9,17-18H,3-5,8,10H2,1-2H3. The molecule has 1 aromatic rings.